The molecule has 220 valence electrons. The van der Waals surface area contributed by atoms with Gasteiger partial charge in [0, 0.05) is 22.6 Å². The van der Waals surface area contributed by atoms with Gasteiger partial charge in [-0.2, -0.15) is 0 Å². The highest BCUT2D eigenvalue weighted by Crippen LogP contribution is 2.28. The molecule has 10 heteroatoms. The van der Waals surface area contributed by atoms with Crippen LogP contribution in [0.3, 0.4) is 0 Å². The van der Waals surface area contributed by atoms with Gasteiger partial charge in [0.05, 0.1) is 10.6 Å². The number of nitrogens with zero attached hydrogens (tertiary/aromatic N) is 2. The minimum atomic E-state index is -4.14. The number of hydrogen-bond acceptors (Lipinski definition) is 4. The van der Waals surface area contributed by atoms with E-state index in [-0.39, 0.29) is 23.4 Å². The number of carbonyl (C=O) groups is 2. The number of aryl methyl sites for hydroxylation is 2. The second-order valence-electron chi connectivity index (χ2n) is 10.2. The molecule has 0 saturated carbocycles. The van der Waals surface area contributed by atoms with Gasteiger partial charge in [-0.3, -0.25) is 13.9 Å². The first kappa shape index (κ1) is 32.4. The van der Waals surface area contributed by atoms with E-state index in [4.69, 9.17) is 23.2 Å². The van der Waals surface area contributed by atoms with Gasteiger partial charge in [-0.1, -0.05) is 67.4 Å². The number of halogens is 2. The summed E-state index contributed by atoms with van der Waals surface area (Å²) in [6.45, 7) is 8.87. The molecule has 0 fully saturated rings. The van der Waals surface area contributed by atoms with Crippen molar-refractivity contribution < 1.29 is 18.0 Å². The van der Waals surface area contributed by atoms with Crippen molar-refractivity contribution in [1.82, 2.24) is 10.2 Å². The van der Waals surface area contributed by atoms with E-state index in [1.54, 1.807) is 48.5 Å². The van der Waals surface area contributed by atoms with Gasteiger partial charge in [0.15, 0.2) is 0 Å². The Kier molecular flexibility index (Phi) is 11.2. The summed E-state index contributed by atoms with van der Waals surface area (Å²) in [7, 11) is -4.14. The first-order valence-corrected chi connectivity index (χ1v) is 15.8. The fourth-order valence-corrected chi connectivity index (χ4v) is 6.42. The van der Waals surface area contributed by atoms with Gasteiger partial charge in [-0.05, 0) is 86.7 Å². The molecule has 1 N–H and O–H groups in total. The number of anilines is 1. The first-order valence-electron chi connectivity index (χ1n) is 13.6. The highest BCUT2D eigenvalue weighted by molar-refractivity contribution is 7.92. The maximum atomic E-state index is 14.2. The minimum Gasteiger partial charge on any atom is -0.352 e. The third kappa shape index (κ3) is 8.24. The normalized spacial score (nSPS) is 12.9. The third-order valence-corrected chi connectivity index (χ3v) is 9.22. The molecule has 0 aliphatic rings. The smallest absolute Gasteiger partial charge is 0.264 e. The van der Waals surface area contributed by atoms with E-state index in [9.17, 15) is 18.0 Å². The molecular formula is C31H37Cl2N3O4S. The van der Waals surface area contributed by atoms with Crippen molar-refractivity contribution in [2.75, 3.05) is 10.8 Å². The zero-order chi connectivity index (χ0) is 30.3. The Bertz CT molecular complexity index is 1460. The van der Waals surface area contributed by atoms with Crippen LogP contribution in [0.2, 0.25) is 10.0 Å². The zero-order valence-corrected chi connectivity index (χ0v) is 26.4. The summed E-state index contributed by atoms with van der Waals surface area (Å²) < 4.78 is 29.0. The summed E-state index contributed by atoms with van der Waals surface area (Å²) in [6, 6.07) is 17.4. The van der Waals surface area contributed by atoms with Crippen molar-refractivity contribution in [2.24, 2.45) is 0 Å². The molecule has 2 atom stereocenters. The molecule has 0 bridgehead atoms. The maximum absolute atomic E-state index is 14.2. The van der Waals surface area contributed by atoms with Crippen LogP contribution in [0.4, 0.5) is 5.69 Å². The lowest BCUT2D eigenvalue weighted by molar-refractivity contribution is -0.140. The zero-order valence-electron chi connectivity index (χ0n) is 24.0. The first-order chi connectivity index (χ1) is 19.4. The van der Waals surface area contributed by atoms with Gasteiger partial charge in [-0.25, -0.2) is 8.42 Å². The highest BCUT2D eigenvalue weighted by atomic mass is 35.5. The maximum Gasteiger partial charge on any atom is 0.264 e. The van der Waals surface area contributed by atoms with Crippen LogP contribution in [0.25, 0.3) is 0 Å². The number of carbonyl (C=O) groups excluding carboxylic acids is 2. The molecule has 0 heterocycles. The lowest BCUT2D eigenvalue weighted by atomic mass is 10.1. The number of benzene rings is 3. The van der Waals surface area contributed by atoms with Gasteiger partial charge in [-0.15, -0.1) is 0 Å². The molecule has 0 aromatic heterocycles. The average Bonchev–Trinajstić information content (AvgIpc) is 2.92. The molecule has 0 spiro atoms. The number of amides is 2. The molecule has 2 unspecified atom stereocenters. The van der Waals surface area contributed by atoms with E-state index in [0.29, 0.717) is 27.7 Å². The fraction of sp³-hybridized carbons (Fsp3) is 0.355. The van der Waals surface area contributed by atoms with Crippen molar-refractivity contribution in [3.63, 3.8) is 0 Å². The molecule has 3 aromatic rings. The highest BCUT2D eigenvalue weighted by Gasteiger charge is 2.34. The summed E-state index contributed by atoms with van der Waals surface area (Å²) in [5, 5.41) is 3.74. The largest absolute Gasteiger partial charge is 0.352 e. The Morgan fingerprint density at radius 1 is 0.902 bits per heavy atom. The van der Waals surface area contributed by atoms with E-state index in [0.717, 1.165) is 21.9 Å². The molecule has 7 nitrogen and oxygen atoms in total. The topological polar surface area (TPSA) is 86.8 Å². The van der Waals surface area contributed by atoms with Gasteiger partial charge in [0.2, 0.25) is 11.8 Å². The molecule has 0 saturated heterocycles. The third-order valence-electron chi connectivity index (χ3n) is 6.85. The lowest BCUT2D eigenvalue weighted by Gasteiger charge is -2.34. The Balaban J connectivity index is 2.10. The van der Waals surface area contributed by atoms with Crippen molar-refractivity contribution in [1.29, 1.82) is 0 Å². The molecule has 0 radical (unpaired) electrons. The van der Waals surface area contributed by atoms with E-state index in [1.165, 1.54) is 17.0 Å². The number of sulfonamides is 1. The van der Waals surface area contributed by atoms with Gasteiger partial charge in [0.1, 0.15) is 12.6 Å². The van der Waals surface area contributed by atoms with Crippen molar-refractivity contribution in [3.05, 3.63) is 93.5 Å². The van der Waals surface area contributed by atoms with Crippen LogP contribution in [0, 0.1) is 13.8 Å². The van der Waals surface area contributed by atoms with Crippen LogP contribution >= 0.6 is 23.2 Å². The summed E-state index contributed by atoms with van der Waals surface area (Å²) in [5.41, 5.74) is 2.65. The van der Waals surface area contributed by atoms with Gasteiger partial charge < -0.3 is 10.2 Å². The molecule has 41 heavy (non-hydrogen) atoms. The predicted octanol–water partition coefficient (Wildman–Crippen LogP) is 6.53. The standard InChI is InChI=1S/C31H37Cl2N3O4S/c1-6-23(5)34-31(38)29(7-2)35(19-24-13-14-25(32)18-28(24)33)30(37)20-36(26-16-21(3)15-22(4)17-26)41(39,40)27-11-9-8-10-12-27/h8-18,23,29H,6-7,19-20H2,1-5H3,(H,34,38). The van der Waals surface area contributed by atoms with Crippen molar-refractivity contribution in [3.8, 4) is 0 Å². The summed E-state index contributed by atoms with van der Waals surface area (Å²) >= 11 is 12.6. The number of hydrogen-bond donors (Lipinski definition) is 1. The van der Waals surface area contributed by atoms with E-state index < -0.39 is 28.5 Å². The van der Waals surface area contributed by atoms with E-state index in [1.807, 2.05) is 40.7 Å². The Labute approximate surface area is 253 Å². The van der Waals surface area contributed by atoms with Gasteiger partial charge in [0.25, 0.3) is 10.0 Å². The van der Waals surface area contributed by atoms with Crippen LogP contribution in [-0.2, 0) is 26.2 Å². The molecule has 0 aliphatic carbocycles. The molecule has 3 rings (SSSR count). The number of rotatable bonds is 12. The summed E-state index contributed by atoms with van der Waals surface area (Å²) in [6.07, 6.45) is 1.03. The Hall–Kier alpha value is -3.07. The Morgan fingerprint density at radius 3 is 2.10 bits per heavy atom. The predicted molar refractivity (Wildman–Crippen MR) is 166 cm³/mol. The quantitative estimate of drug-likeness (QED) is 0.250. The van der Waals surface area contributed by atoms with Crippen LogP contribution in [0.1, 0.15) is 50.3 Å². The van der Waals surface area contributed by atoms with Crippen LogP contribution in [0.15, 0.2) is 71.6 Å². The molecule has 0 aliphatic heterocycles. The minimum absolute atomic E-state index is 0.00661. The second kappa shape index (κ2) is 14.2. The van der Waals surface area contributed by atoms with E-state index >= 15 is 0 Å². The second-order valence-corrected chi connectivity index (χ2v) is 12.9. The van der Waals surface area contributed by atoms with E-state index in [2.05, 4.69) is 5.32 Å². The molecular weight excluding hydrogens is 581 g/mol. The Morgan fingerprint density at radius 2 is 1.54 bits per heavy atom. The fourth-order valence-electron chi connectivity index (χ4n) is 4.54. The van der Waals surface area contributed by atoms with Crippen LogP contribution in [0.5, 0.6) is 0 Å². The summed E-state index contributed by atoms with van der Waals surface area (Å²) in [5.74, 6) is -0.856. The van der Waals surface area contributed by atoms with Crippen LogP contribution in [-0.4, -0.2) is 43.8 Å². The lowest BCUT2D eigenvalue weighted by Crippen LogP contribution is -2.53. The monoisotopic (exact) mass is 617 g/mol. The van der Waals surface area contributed by atoms with Crippen molar-refractivity contribution >= 4 is 50.7 Å². The molecule has 3 aromatic carbocycles. The SMILES string of the molecule is CCC(C)NC(=O)C(CC)N(Cc1ccc(Cl)cc1Cl)C(=O)CN(c1cc(C)cc(C)c1)S(=O)(=O)c1ccccc1. The van der Waals surface area contributed by atoms with Crippen molar-refractivity contribution in [2.45, 2.75) is 71.0 Å². The average molecular weight is 619 g/mol. The molecule has 2 amide bonds. The van der Waals surface area contributed by atoms with Crippen LogP contribution < -0.4 is 9.62 Å². The number of nitrogens with one attached hydrogen (secondary N) is 1. The van der Waals surface area contributed by atoms with Gasteiger partial charge >= 0.3 is 0 Å². The summed E-state index contributed by atoms with van der Waals surface area (Å²) in [4.78, 5) is 29.0.